The summed E-state index contributed by atoms with van der Waals surface area (Å²) in [4.78, 5) is 12.6. The number of fused-ring (bicyclic) bond motifs is 4. The Kier molecular flexibility index (Phi) is 2.38. The van der Waals surface area contributed by atoms with E-state index in [2.05, 4.69) is 11.4 Å². The van der Waals surface area contributed by atoms with Crippen LogP contribution < -0.4 is 10.9 Å². The number of pyridine rings is 1. The van der Waals surface area contributed by atoms with Gasteiger partial charge in [0.05, 0.1) is 18.1 Å². The van der Waals surface area contributed by atoms with Gasteiger partial charge in [0.2, 0.25) is 0 Å². The number of nitrogens with one attached hydrogen (secondary N) is 1. The molecule has 2 aromatic rings. The fourth-order valence-electron chi connectivity index (χ4n) is 3.43. The Morgan fingerprint density at radius 1 is 1.26 bits per heavy atom. The first-order valence-electron chi connectivity index (χ1n) is 6.80. The Bertz CT molecular complexity index is 657. The second-order valence-electron chi connectivity index (χ2n) is 5.56. The minimum Gasteiger partial charge on any atom is -0.472 e. The molecule has 2 bridgehead atoms. The average Bonchev–Trinajstić information content (AvgIpc) is 2.94. The monoisotopic (exact) mass is 256 g/mol. The van der Waals surface area contributed by atoms with Gasteiger partial charge >= 0.3 is 0 Å². The van der Waals surface area contributed by atoms with E-state index in [0.717, 1.165) is 30.8 Å². The Morgan fingerprint density at radius 2 is 2.21 bits per heavy atom. The molecule has 0 radical (unpaired) electrons. The van der Waals surface area contributed by atoms with Crippen LogP contribution in [0.4, 0.5) is 0 Å². The Morgan fingerprint density at radius 3 is 3.05 bits per heavy atom. The summed E-state index contributed by atoms with van der Waals surface area (Å²) in [7, 11) is 0. The molecular weight excluding hydrogens is 240 g/mol. The van der Waals surface area contributed by atoms with Crippen LogP contribution in [0.2, 0.25) is 0 Å². The molecule has 0 aliphatic carbocycles. The van der Waals surface area contributed by atoms with Gasteiger partial charge in [-0.3, -0.25) is 4.79 Å². The maximum Gasteiger partial charge on any atom is 0.258 e. The average molecular weight is 256 g/mol. The highest BCUT2D eigenvalue weighted by molar-refractivity contribution is 5.61. The van der Waals surface area contributed by atoms with E-state index in [1.54, 1.807) is 12.5 Å². The van der Waals surface area contributed by atoms with Gasteiger partial charge in [0.15, 0.2) is 0 Å². The van der Waals surface area contributed by atoms with Gasteiger partial charge < -0.3 is 14.3 Å². The number of hydrogen-bond acceptors (Lipinski definition) is 3. The fraction of sp³-hybridized carbons (Fsp3) is 0.400. The van der Waals surface area contributed by atoms with Gasteiger partial charge in [-0.05, 0) is 37.1 Å². The first-order valence-corrected chi connectivity index (χ1v) is 6.80. The smallest absolute Gasteiger partial charge is 0.258 e. The molecular formula is C15H16N2O2. The van der Waals surface area contributed by atoms with Crippen LogP contribution in [0.15, 0.2) is 39.9 Å². The molecule has 0 amide bonds. The minimum atomic E-state index is 0.121. The van der Waals surface area contributed by atoms with Crippen molar-refractivity contribution < 1.29 is 4.42 Å². The molecule has 4 heterocycles. The zero-order chi connectivity index (χ0) is 12.8. The lowest BCUT2D eigenvalue weighted by atomic mass is 9.84. The van der Waals surface area contributed by atoms with Crippen LogP contribution in [0.1, 0.15) is 18.0 Å². The molecule has 4 rings (SSSR count). The largest absolute Gasteiger partial charge is 0.472 e. The Labute approximate surface area is 111 Å². The van der Waals surface area contributed by atoms with Crippen molar-refractivity contribution in [3.05, 3.63) is 46.8 Å². The quantitative estimate of drug-likeness (QED) is 0.846. The molecule has 2 aromatic heterocycles. The number of rotatable bonds is 1. The molecule has 4 heteroatoms. The van der Waals surface area contributed by atoms with Crippen LogP contribution >= 0.6 is 0 Å². The van der Waals surface area contributed by atoms with Crippen molar-refractivity contribution in [2.24, 2.45) is 5.92 Å². The van der Waals surface area contributed by atoms with Gasteiger partial charge in [0.25, 0.3) is 5.56 Å². The van der Waals surface area contributed by atoms with Gasteiger partial charge in [-0.25, -0.2) is 0 Å². The molecule has 1 N–H and O–H groups in total. The molecule has 19 heavy (non-hydrogen) atoms. The van der Waals surface area contributed by atoms with E-state index in [0.29, 0.717) is 11.8 Å². The SMILES string of the molecule is O=c1c(-c2ccoc2)ccc2n1CC1CNCC2C1. The fourth-order valence-corrected chi connectivity index (χ4v) is 3.43. The standard InChI is InChI=1S/C15H16N2O2/c18-15-13(11-3-4-19-9-11)1-2-14-12-5-10(6-16-7-12)8-17(14)15/h1-4,9-10,12,16H,5-8H2. The molecule has 98 valence electrons. The number of aromatic nitrogens is 1. The third-order valence-corrected chi connectivity index (χ3v) is 4.34. The van der Waals surface area contributed by atoms with Crippen molar-refractivity contribution in [1.29, 1.82) is 0 Å². The normalized spacial score (nSPS) is 25.1. The first-order chi connectivity index (χ1) is 9.33. The zero-order valence-electron chi connectivity index (χ0n) is 10.6. The first kappa shape index (κ1) is 11.1. The molecule has 0 aromatic carbocycles. The lowest BCUT2D eigenvalue weighted by molar-refractivity contribution is 0.257. The summed E-state index contributed by atoms with van der Waals surface area (Å²) in [5.41, 5.74) is 2.91. The summed E-state index contributed by atoms with van der Waals surface area (Å²) in [5.74, 6) is 1.07. The molecule has 0 spiro atoms. The molecule has 4 nitrogen and oxygen atoms in total. The maximum atomic E-state index is 12.6. The number of piperidine rings is 1. The summed E-state index contributed by atoms with van der Waals surface area (Å²) in [6.45, 7) is 2.85. The molecule has 2 unspecified atom stereocenters. The van der Waals surface area contributed by atoms with Gasteiger partial charge in [-0.1, -0.05) is 0 Å². The Hall–Kier alpha value is -1.81. The summed E-state index contributed by atoms with van der Waals surface area (Å²) in [6.07, 6.45) is 4.45. The summed E-state index contributed by atoms with van der Waals surface area (Å²) < 4.78 is 7.06. The van der Waals surface area contributed by atoms with E-state index < -0.39 is 0 Å². The van der Waals surface area contributed by atoms with Crippen LogP contribution in [0.25, 0.3) is 11.1 Å². The van der Waals surface area contributed by atoms with Gasteiger partial charge in [-0.15, -0.1) is 0 Å². The van der Waals surface area contributed by atoms with E-state index in [9.17, 15) is 4.79 Å². The highest BCUT2D eigenvalue weighted by Gasteiger charge is 2.31. The van der Waals surface area contributed by atoms with Crippen molar-refractivity contribution in [2.75, 3.05) is 13.1 Å². The third-order valence-electron chi connectivity index (χ3n) is 4.34. The van der Waals surface area contributed by atoms with E-state index in [-0.39, 0.29) is 5.56 Å². The summed E-state index contributed by atoms with van der Waals surface area (Å²) >= 11 is 0. The summed E-state index contributed by atoms with van der Waals surface area (Å²) in [6, 6.07) is 5.89. The second-order valence-corrected chi connectivity index (χ2v) is 5.56. The maximum absolute atomic E-state index is 12.6. The minimum absolute atomic E-state index is 0.121. The van der Waals surface area contributed by atoms with Crippen LogP contribution in [-0.2, 0) is 6.54 Å². The molecule has 1 saturated heterocycles. The van der Waals surface area contributed by atoms with Crippen molar-refractivity contribution >= 4 is 0 Å². The summed E-state index contributed by atoms with van der Waals surface area (Å²) in [5, 5.41) is 3.46. The molecule has 0 saturated carbocycles. The second kappa shape index (κ2) is 4.10. The van der Waals surface area contributed by atoms with Gasteiger partial charge in [0, 0.05) is 30.3 Å². The number of furan rings is 1. The predicted molar refractivity (Wildman–Crippen MR) is 72.1 cm³/mol. The lowest BCUT2D eigenvalue weighted by Crippen LogP contribution is -2.45. The highest BCUT2D eigenvalue weighted by atomic mass is 16.3. The van der Waals surface area contributed by atoms with Gasteiger partial charge in [0.1, 0.15) is 0 Å². The van der Waals surface area contributed by atoms with Crippen LogP contribution in [0.3, 0.4) is 0 Å². The van der Waals surface area contributed by atoms with E-state index >= 15 is 0 Å². The molecule has 2 aliphatic heterocycles. The topological polar surface area (TPSA) is 47.2 Å². The van der Waals surface area contributed by atoms with Gasteiger partial charge in [-0.2, -0.15) is 0 Å². The van der Waals surface area contributed by atoms with E-state index in [1.807, 2.05) is 16.7 Å². The highest BCUT2D eigenvalue weighted by Crippen LogP contribution is 2.32. The van der Waals surface area contributed by atoms with Crippen LogP contribution in [0.5, 0.6) is 0 Å². The van der Waals surface area contributed by atoms with E-state index in [4.69, 9.17) is 4.42 Å². The van der Waals surface area contributed by atoms with Crippen LogP contribution in [0, 0.1) is 5.92 Å². The Balaban J connectivity index is 1.88. The number of hydrogen-bond donors (Lipinski definition) is 1. The number of nitrogens with zero attached hydrogens (tertiary/aromatic N) is 1. The van der Waals surface area contributed by atoms with Crippen molar-refractivity contribution in [3.63, 3.8) is 0 Å². The van der Waals surface area contributed by atoms with E-state index in [1.165, 1.54) is 12.1 Å². The third kappa shape index (κ3) is 1.67. The van der Waals surface area contributed by atoms with Crippen LogP contribution in [-0.4, -0.2) is 17.7 Å². The predicted octanol–water partition coefficient (Wildman–Crippen LogP) is 1.81. The van der Waals surface area contributed by atoms with Crippen molar-refractivity contribution in [3.8, 4) is 11.1 Å². The zero-order valence-corrected chi connectivity index (χ0v) is 10.6. The van der Waals surface area contributed by atoms with Crippen molar-refractivity contribution in [2.45, 2.75) is 18.9 Å². The lowest BCUT2D eigenvalue weighted by Gasteiger charge is -2.37. The molecule has 1 fully saturated rings. The molecule has 2 atom stereocenters. The molecule has 2 aliphatic rings. The van der Waals surface area contributed by atoms with Crippen molar-refractivity contribution in [1.82, 2.24) is 9.88 Å².